The number of benzene rings is 2. The molecular weight excluding hydrogens is 430 g/mol. The van der Waals surface area contributed by atoms with Gasteiger partial charge in [-0.05, 0) is 81.5 Å². The molecule has 5 rings (SSSR count). The Kier molecular flexibility index (Phi) is 6.48. The van der Waals surface area contributed by atoms with Gasteiger partial charge in [-0.15, -0.1) is 0 Å². The number of amides is 2. The Morgan fingerprint density at radius 2 is 1.97 bits per heavy atom. The van der Waals surface area contributed by atoms with Crippen molar-refractivity contribution in [2.75, 3.05) is 25.3 Å². The predicted octanol–water partition coefficient (Wildman–Crippen LogP) is 5.62. The van der Waals surface area contributed by atoms with Crippen LogP contribution in [0.3, 0.4) is 0 Å². The molecule has 7 nitrogen and oxygen atoms in total. The van der Waals surface area contributed by atoms with Crippen LogP contribution in [-0.2, 0) is 9.47 Å². The summed E-state index contributed by atoms with van der Waals surface area (Å²) in [5, 5.41) is 6.97. The van der Waals surface area contributed by atoms with Gasteiger partial charge in [0.2, 0.25) is 0 Å². The maximum absolute atomic E-state index is 12.1. The SMILES string of the molecule is Cc1c(-c2ccc(NC(=O)NC(C)C)cc2)n(C2CCC2)c2ccc(OCC3COCO3)cc12. The number of urea groups is 1. The molecule has 2 fully saturated rings. The summed E-state index contributed by atoms with van der Waals surface area (Å²) in [6.45, 7) is 7.48. The number of nitrogens with zero attached hydrogens (tertiary/aromatic N) is 1. The fraction of sp³-hybridized carbons (Fsp3) is 0.444. The molecule has 2 N–H and O–H groups in total. The van der Waals surface area contributed by atoms with E-state index in [0.29, 0.717) is 26.0 Å². The fourth-order valence-corrected chi connectivity index (χ4v) is 4.72. The van der Waals surface area contributed by atoms with E-state index in [2.05, 4.69) is 52.5 Å². The largest absolute Gasteiger partial charge is 0.491 e. The molecule has 0 radical (unpaired) electrons. The summed E-state index contributed by atoms with van der Waals surface area (Å²) in [4.78, 5) is 12.1. The van der Waals surface area contributed by atoms with Gasteiger partial charge in [-0.2, -0.15) is 0 Å². The fourth-order valence-electron chi connectivity index (χ4n) is 4.72. The van der Waals surface area contributed by atoms with E-state index in [1.807, 2.05) is 26.0 Å². The van der Waals surface area contributed by atoms with Crippen molar-refractivity contribution in [1.29, 1.82) is 0 Å². The van der Waals surface area contributed by atoms with Crippen molar-refractivity contribution in [2.24, 2.45) is 0 Å². The second-order valence-electron chi connectivity index (χ2n) is 9.53. The van der Waals surface area contributed by atoms with Crippen LogP contribution in [0.4, 0.5) is 10.5 Å². The molecule has 0 spiro atoms. The summed E-state index contributed by atoms with van der Waals surface area (Å²) in [5.74, 6) is 0.846. The first kappa shape index (κ1) is 22.7. The van der Waals surface area contributed by atoms with Gasteiger partial charge in [0.1, 0.15) is 25.3 Å². The molecule has 1 aliphatic heterocycles. The Morgan fingerprint density at radius 3 is 2.62 bits per heavy atom. The second kappa shape index (κ2) is 9.68. The smallest absolute Gasteiger partial charge is 0.319 e. The Hall–Kier alpha value is -3.03. The molecule has 2 aromatic carbocycles. The zero-order chi connectivity index (χ0) is 23.7. The van der Waals surface area contributed by atoms with E-state index < -0.39 is 0 Å². The minimum atomic E-state index is -0.190. The van der Waals surface area contributed by atoms with Crippen LogP contribution in [-0.4, -0.2) is 42.8 Å². The van der Waals surface area contributed by atoms with Gasteiger partial charge in [0.25, 0.3) is 0 Å². The number of carbonyl (C=O) groups excluding carboxylic acids is 1. The third kappa shape index (κ3) is 4.63. The van der Waals surface area contributed by atoms with Gasteiger partial charge in [-0.1, -0.05) is 12.1 Å². The molecular formula is C27H33N3O4. The first-order valence-corrected chi connectivity index (χ1v) is 12.1. The van der Waals surface area contributed by atoms with Gasteiger partial charge >= 0.3 is 6.03 Å². The molecule has 7 heteroatoms. The predicted molar refractivity (Wildman–Crippen MR) is 133 cm³/mol. The van der Waals surface area contributed by atoms with Crippen LogP contribution < -0.4 is 15.4 Å². The Bertz CT molecular complexity index is 1160. The molecule has 34 heavy (non-hydrogen) atoms. The Labute approximate surface area is 200 Å². The highest BCUT2D eigenvalue weighted by Crippen LogP contribution is 2.43. The van der Waals surface area contributed by atoms with Crippen molar-refractivity contribution in [1.82, 2.24) is 9.88 Å². The molecule has 180 valence electrons. The summed E-state index contributed by atoms with van der Waals surface area (Å²) in [7, 11) is 0. The van der Waals surface area contributed by atoms with Crippen LogP contribution in [0.5, 0.6) is 5.75 Å². The molecule has 1 saturated carbocycles. The third-order valence-corrected chi connectivity index (χ3v) is 6.63. The highest BCUT2D eigenvalue weighted by Gasteiger charge is 2.26. The van der Waals surface area contributed by atoms with E-state index in [9.17, 15) is 4.79 Å². The molecule has 3 aromatic rings. The number of rotatable bonds is 7. The number of fused-ring (bicyclic) bond motifs is 1. The number of aromatic nitrogens is 1. The minimum Gasteiger partial charge on any atom is -0.491 e. The highest BCUT2D eigenvalue weighted by atomic mass is 16.7. The topological polar surface area (TPSA) is 73.8 Å². The normalized spacial score (nSPS) is 18.3. The summed E-state index contributed by atoms with van der Waals surface area (Å²) in [6, 6.07) is 14.9. The van der Waals surface area contributed by atoms with Gasteiger partial charge in [0.05, 0.1) is 12.3 Å². The molecule has 0 bridgehead atoms. The van der Waals surface area contributed by atoms with Crippen molar-refractivity contribution in [2.45, 2.75) is 58.2 Å². The van der Waals surface area contributed by atoms with Crippen molar-refractivity contribution in [3.63, 3.8) is 0 Å². The van der Waals surface area contributed by atoms with Gasteiger partial charge in [0, 0.05) is 28.7 Å². The maximum atomic E-state index is 12.1. The summed E-state index contributed by atoms with van der Waals surface area (Å²) in [6.07, 6.45) is 3.65. The van der Waals surface area contributed by atoms with Gasteiger partial charge < -0.3 is 29.4 Å². The summed E-state index contributed by atoms with van der Waals surface area (Å²) >= 11 is 0. The van der Waals surface area contributed by atoms with Crippen LogP contribution in [0.1, 0.15) is 44.7 Å². The lowest BCUT2D eigenvalue weighted by molar-refractivity contribution is 0.0320. The quantitative estimate of drug-likeness (QED) is 0.477. The van der Waals surface area contributed by atoms with E-state index in [4.69, 9.17) is 14.2 Å². The molecule has 1 aromatic heterocycles. The Morgan fingerprint density at radius 1 is 1.18 bits per heavy atom. The Balaban J connectivity index is 1.44. The number of anilines is 1. The number of hydrogen-bond acceptors (Lipinski definition) is 4. The van der Waals surface area contributed by atoms with Crippen LogP contribution in [0.15, 0.2) is 42.5 Å². The molecule has 1 atom stereocenters. The highest BCUT2D eigenvalue weighted by molar-refractivity contribution is 5.93. The van der Waals surface area contributed by atoms with Crippen molar-refractivity contribution in [3.8, 4) is 17.0 Å². The van der Waals surface area contributed by atoms with E-state index >= 15 is 0 Å². The number of carbonyl (C=O) groups is 1. The van der Waals surface area contributed by atoms with Crippen LogP contribution >= 0.6 is 0 Å². The standard InChI is InChI=1S/C27H33N3O4/c1-17(2)28-27(31)29-20-9-7-19(8-10-20)26-18(3)24-13-22(33-15-23-14-32-16-34-23)11-12-25(24)30(26)21-5-4-6-21/h7-13,17,21,23H,4-6,14-16H2,1-3H3,(H2,28,29,31). The molecule has 2 heterocycles. The summed E-state index contributed by atoms with van der Waals surface area (Å²) in [5.41, 5.74) is 5.64. The maximum Gasteiger partial charge on any atom is 0.319 e. The third-order valence-electron chi connectivity index (χ3n) is 6.63. The van der Waals surface area contributed by atoms with Gasteiger partial charge in [0.15, 0.2) is 0 Å². The molecule has 2 amide bonds. The first-order valence-electron chi connectivity index (χ1n) is 12.1. The average Bonchev–Trinajstić information content (AvgIpc) is 3.38. The van der Waals surface area contributed by atoms with Crippen LogP contribution in [0.25, 0.3) is 22.2 Å². The van der Waals surface area contributed by atoms with Crippen molar-refractivity contribution >= 4 is 22.6 Å². The van der Waals surface area contributed by atoms with Crippen molar-refractivity contribution in [3.05, 3.63) is 48.0 Å². The zero-order valence-corrected chi connectivity index (χ0v) is 20.1. The molecule has 1 unspecified atom stereocenters. The van der Waals surface area contributed by atoms with E-state index in [-0.39, 0.29) is 18.2 Å². The first-order chi connectivity index (χ1) is 16.5. The van der Waals surface area contributed by atoms with E-state index in [1.165, 1.54) is 41.4 Å². The average molecular weight is 464 g/mol. The van der Waals surface area contributed by atoms with Gasteiger partial charge in [-0.25, -0.2) is 4.79 Å². The van der Waals surface area contributed by atoms with Crippen molar-refractivity contribution < 1.29 is 19.0 Å². The lowest BCUT2D eigenvalue weighted by atomic mass is 9.92. The molecule has 1 aliphatic carbocycles. The zero-order valence-electron chi connectivity index (χ0n) is 20.1. The number of nitrogens with one attached hydrogen (secondary N) is 2. The lowest BCUT2D eigenvalue weighted by Gasteiger charge is -2.30. The lowest BCUT2D eigenvalue weighted by Crippen LogP contribution is -2.34. The van der Waals surface area contributed by atoms with Crippen LogP contribution in [0.2, 0.25) is 0 Å². The summed E-state index contributed by atoms with van der Waals surface area (Å²) < 4.78 is 19.3. The minimum absolute atomic E-state index is 0.0123. The van der Waals surface area contributed by atoms with E-state index in [1.54, 1.807) is 0 Å². The number of ether oxygens (including phenoxy) is 3. The molecule has 2 aliphatic rings. The molecule has 1 saturated heterocycles. The van der Waals surface area contributed by atoms with Crippen LogP contribution in [0, 0.1) is 6.92 Å². The van der Waals surface area contributed by atoms with Gasteiger partial charge in [-0.3, -0.25) is 0 Å². The second-order valence-corrected chi connectivity index (χ2v) is 9.53. The number of hydrogen-bond donors (Lipinski definition) is 2. The number of aryl methyl sites for hydroxylation is 1. The monoisotopic (exact) mass is 463 g/mol. The van der Waals surface area contributed by atoms with E-state index in [0.717, 1.165) is 17.0 Å².